The van der Waals surface area contributed by atoms with Crippen LogP contribution in [0.3, 0.4) is 0 Å². The number of thiophene rings is 1. The first-order valence-corrected chi connectivity index (χ1v) is 6.26. The van der Waals surface area contributed by atoms with E-state index in [1.807, 2.05) is 16.8 Å². The van der Waals surface area contributed by atoms with Crippen molar-refractivity contribution in [3.8, 4) is 5.75 Å². The molecule has 18 heavy (non-hydrogen) atoms. The van der Waals surface area contributed by atoms with E-state index >= 15 is 0 Å². The van der Waals surface area contributed by atoms with E-state index < -0.39 is 5.97 Å². The minimum absolute atomic E-state index is 0.263. The van der Waals surface area contributed by atoms with Crippen molar-refractivity contribution in [2.75, 3.05) is 12.8 Å². The molecule has 1 heterocycles. The summed E-state index contributed by atoms with van der Waals surface area (Å²) in [5.74, 6) is 0.129. The molecule has 0 saturated carbocycles. The van der Waals surface area contributed by atoms with Crippen LogP contribution in [-0.4, -0.2) is 13.1 Å². The summed E-state index contributed by atoms with van der Waals surface area (Å²) in [4.78, 5) is 11.8. The average Bonchev–Trinajstić information content (AvgIpc) is 2.88. The molecule has 2 N–H and O–H groups in total. The van der Waals surface area contributed by atoms with Gasteiger partial charge >= 0.3 is 5.97 Å². The van der Waals surface area contributed by atoms with Gasteiger partial charge in [-0.05, 0) is 29.0 Å². The van der Waals surface area contributed by atoms with Gasteiger partial charge in [0, 0.05) is 17.3 Å². The Labute approximate surface area is 109 Å². The molecule has 1 aromatic carbocycles. The van der Waals surface area contributed by atoms with E-state index in [1.54, 1.807) is 29.5 Å². The molecule has 1 aromatic heterocycles. The van der Waals surface area contributed by atoms with E-state index in [2.05, 4.69) is 0 Å². The van der Waals surface area contributed by atoms with Gasteiger partial charge < -0.3 is 15.2 Å². The monoisotopic (exact) mass is 263 g/mol. The highest BCUT2D eigenvalue weighted by atomic mass is 32.1. The average molecular weight is 263 g/mol. The van der Waals surface area contributed by atoms with Gasteiger partial charge in [-0.15, -0.1) is 0 Å². The number of ether oxygens (including phenoxy) is 2. The van der Waals surface area contributed by atoms with Gasteiger partial charge in [-0.2, -0.15) is 11.3 Å². The van der Waals surface area contributed by atoms with Gasteiger partial charge in [0.25, 0.3) is 0 Å². The smallest absolute Gasteiger partial charge is 0.338 e. The highest BCUT2D eigenvalue weighted by molar-refractivity contribution is 7.07. The Morgan fingerprint density at radius 3 is 2.89 bits per heavy atom. The molecule has 4 nitrogen and oxygen atoms in total. The van der Waals surface area contributed by atoms with Crippen LogP contribution in [-0.2, 0) is 11.3 Å². The van der Waals surface area contributed by atoms with Gasteiger partial charge in [0.15, 0.2) is 0 Å². The van der Waals surface area contributed by atoms with Crippen molar-refractivity contribution in [3.05, 3.63) is 46.2 Å². The molecule has 2 rings (SSSR count). The molecular weight excluding hydrogens is 250 g/mol. The quantitative estimate of drug-likeness (QED) is 0.680. The van der Waals surface area contributed by atoms with E-state index in [0.29, 0.717) is 17.0 Å². The number of methoxy groups -OCH3 is 1. The summed E-state index contributed by atoms with van der Waals surface area (Å²) in [6.45, 7) is 0.263. The Kier molecular flexibility index (Phi) is 3.84. The summed E-state index contributed by atoms with van der Waals surface area (Å²) in [6.07, 6.45) is 0. The fourth-order valence-electron chi connectivity index (χ4n) is 1.46. The standard InChI is InChI=1S/C13H13NO3S/c1-16-12-5-10(4-11(14)6-12)13(15)17-7-9-2-3-18-8-9/h2-6,8H,7,14H2,1H3. The molecule has 0 spiro atoms. The molecule has 0 unspecified atom stereocenters. The van der Waals surface area contributed by atoms with Crippen LogP contribution in [0.4, 0.5) is 5.69 Å². The summed E-state index contributed by atoms with van der Waals surface area (Å²) in [7, 11) is 1.52. The van der Waals surface area contributed by atoms with E-state index in [9.17, 15) is 4.79 Å². The third-order valence-electron chi connectivity index (χ3n) is 2.35. The van der Waals surface area contributed by atoms with Crippen molar-refractivity contribution in [2.24, 2.45) is 0 Å². The molecule has 0 amide bonds. The Morgan fingerprint density at radius 2 is 2.22 bits per heavy atom. The van der Waals surface area contributed by atoms with Crippen molar-refractivity contribution in [3.63, 3.8) is 0 Å². The minimum Gasteiger partial charge on any atom is -0.497 e. The SMILES string of the molecule is COc1cc(N)cc(C(=O)OCc2ccsc2)c1. The van der Waals surface area contributed by atoms with Gasteiger partial charge in [0.2, 0.25) is 0 Å². The number of anilines is 1. The predicted octanol–water partition coefficient (Wildman–Crippen LogP) is 2.70. The van der Waals surface area contributed by atoms with E-state index in [-0.39, 0.29) is 6.61 Å². The lowest BCUT2D eigenvalue weighted by molar-refractivity contribution is 0.0473. The second-order valence-corrected chi connectivity index (χ2v) is 4.48. The second-order valence-electron chi connectivity index (χ2n) is 3.70. The van der Waals surface area contributed by atoms with Crippen LogP contribution < -0.4 is 10.5 Å². The molecule has 0 radical (unpaired) electrons. The van der Waals surface area contributed by atoms with Crippen molar-refractivity contribution in [2.45, 2.75) is 6.61 Å². The Balaban J connectivity index is 2.06. The summed E-state index contributed by atoms with van der Waals surface area (Å²) in [6, 6.07) is 6.73. The zero-order valence-corrected chi connectivity index (χ0v) is 10.7. The molecule has 0 atom stereocenters. The van der Waals surface area contributed by atoms with Gasteiger partial charge in [-0.25, -0.2) is 4.79 Å². The summed E-state index contributed by atoms with van der Waals surface area (Å²) in [5.41, 5.74) is 7.51. The van der Waals surface area contributed by atoms with Gasteiger partial charge in [-0.3, -0.25) is 0 Å². The zero-order chi connectivity index (χ0) is 13.0. The van der Waals surface area contributed by atoms with Crippen molar-refractivity contribution in [1.82, 2.24) is 0 Å². The molecule has 0 fully saturated rings. The first-order valence-electron chi connectivity index (χ1n) is 5.32. The number of benzene rings is 1. The first kappa shape index (κ1) is 12.4. The zero-order valence-electron chi connectivity index (χ0n) is 9.88. The van der Waals surface area contributed by atoms with Gasteiger partial charge in [0.05, 0.1) is 12.7 Å². The second kappa shape index (κ2) is 5.55. The van der Waals surface area contributed by atoms with Crippen LogP contribution in [0, 0.1) is 0 Å². The third-order valence-corrected chi connectivity index (χ3v) is 3.08. The summed E-state index contributed by atoms with van der Waals surface area (Å²) < 4.78 is 10.2. The Morgan fingerprint density at radius 1 is 1.39 bits per heavy atom. The third kappa shape index (κ3) is 3.01. The minimum atomic E-state index is -0.410. The molecule has 2 aromatic rings. The van der Waals surface area contributed by atoms with Crippen LogP contribution in [0.1, 0.15) is 15.9 Å². The van der Waals surface area contributed by atoms with Crippen LogP contribution >= 0.6 is 11.3 Å². The molecule has 0 saturated heterocycles. The molecule has 94 valence electrons. The normalized spacial score (nSPS) is 10.1. The highest BCUT2D eigenvalue weighted by Crippen LogP contribution is 2.19. The molecule has 5 heteroatoms. The summed E-state index contributed by atoms with van der Waals surface area (Å²) in [5, 5.41) is 3.87. The molecular formula is C13H13NO3S. The topological polar surface area (TPSA) is 61.5 Å². The molecule has 0 aliphatic rings. The number of nitrogen functional groups attached to an aromatic ring is 1. The lowest BCUT2D eigenvalue weighted by atomic mass is 10.2. The lowest BCUT2D eigenvalue weighted by Crippen LogP contribution is -2.06. The Hall–Kier alpha value is -2.01. The van der Waals surface area contributed by atoms with Gasteiger partial charge in [-0.1, -0.05) is 0 Å². The molecule has 0 aliphatic carbocycles. The molecule has 0 aliphatic heterocycles. The summed E-state index contributed by atoms with van der Waals surface area (Å²) >= 11 is 1.56. The van der Waals surface area contributed by atoms with Gasteiger partial charge in [0.1, 0.15) is 12.4 Å². The van der Waals surface area contributed by atoms with E-state index in [4.69, 9.17) is 15.2 Å². The van der Waals surface area contributed by atoms with Crippen LogP contribution in [0.25, 0.3) is 0 Å². The van der Waals surface area contributed by atoms with Crippen molar-refractivity contribution >= 4 is 23.0 Å². The first-order chi connectivity index (χ1) is 8.69. The lowest BCUT2D eigenvalue weighted by Gasteiger charge is -2.07. The van der Waals surface area contributed by atoms with Crippen LogP contribution in [0.15, 0.2) is 35.0 Å². The molecule has 0 bridgehead atoms. The maximum absolute atomic E-state index is 11.8. The number of rotatable bonds is 4. The Bertz CT molecular complexity index is 537. The van der Waals surface area contributed by atoms with Crippen LogP contribution in [0.5, 0.6) is 5.75 Å². The van der Waals surface area contributed by atoms with E-state index in [0.717, 1.165) is 5.56 Å². The number of hydrogen-bond acceptors (Lipinski definition) is 5. The highest BCUT2D eigenvalue weighted by Gasteiger charge is 2.10. The van der Waals surface area contributed by atoms with Crippen molar-refractivity contribution in [1.29, 1.82) is 0 Å². The number of hydrogen-bond donors (Lipinski definition) is 1. The number of carbonyl (C=O) groups is 1. The van der Waals surface area contributed by atoms with Crippen molar-refractivity contribution < 1.29 is 14.3 Å². The van der Waals surface area contributed by atoms with Crippen LogP contribution in [0.2, 0.25) is 0 Å². The number of nitrogens with two attached hydrogens (primary N) is 1. The predicted molar refractivity (Wildman–Crippen MR) is 70.8 cm³/mol. The van der Waals surface area contributed by atoms with E-state index in [1.165, 1.54) is 7.11 Å². The number of carbonyl (C=O) groups excluding carboxylic acids is 1. The maximum atomic E-state index is 11.8. The largest absolute Gasteiger partial charge is 0.497 e. The fraction of sp³-hybridized carbons (Fsp3) is 0.154. The maximum Gasteiger partial charge on any atom is 0.338 e. The fourth-order valence-corrected chi connectivity index (χ4v) is 2.12. The number of esters is 1.